The number of nitro benzene ring substituents is 1. The SMILES string of the molecule is CCOC(=O)C(NC(=O)C1CCN(c2ccccc2[N+](=O)[O-])CC1)C(=O)OCC. The molecule has 10 nitrogen and oxygen atoms in total. The molecule has 0 saturated carbocycles. The highest BCUT2D eigenvalue weighted by Crippen LogP contribution is 2.31. The quantitative estimate of drug-likeness (QED) is 0.297. The van der Waals surface area contributed by atoms with E-state index in [4.69, 9.17) is 9.47 Å². The molecule has 10 heteroatoms. The van der Waals surface area contributed by atoms with Crippen LogP contribution in [0.1, 0.15) is 26.7 Å². The molecule has 2 rings (SSSR count). The van der Waals surface area contributed by atoms with Crippen LogP contribution in [0.5, 0.6) is 0 Å². The number of nitrogens with zero attached hydrogens (tertiary/aromatic N) is 2. The summed E-state index contributed by atoms with van der Waals surface area (Å²) in [5, 5.41) is 13.6. The molecule has 1 saturated heterocycles. The fourth-order valence-electron chi connectivity index (χ4n) is 3.19. The normalized spacial score (nSPS) is 14.4. The molecule has 1 amide bonds. The first kappa shape index (κ1) is 22.1. The van der Waals surface area contributed by atoms with Crippen LogP contribution in [-0.4, -0.2) is 55.1 Å². The fraction of sp³-hybridized carbons (Fsp3) is 0.526. The summed E-state index contributed by atoms with van der Waals surface area (Å²) in [4.78, 5) is 49.2. The largest absolute Gasteiger partial charge is 0.464 e. The van der Waals surface area contributed by atoms with Crippen LogP contribution in [0.2, 0.25) is 0 Å². The Morgan fingerprint density at radius 1 is 1.14 bits per heavy atom. The number of carbonyl (C=O) groups is 3. The number of benzene rings is 1. The van der Waals surface area contributed by atoms with Crippen molar-refractivity contribution in [1.82, 2.24) is 5.32 Å². The lowest BCUT2D eigenvalue weighted by Crippen LogP contribution is -2.51. The fourth-order valence-corrected chi connectivity index (χ4v) is 3.19. The predicted molar refractivity (Wildman–Crippen MR) is 103 cm³/mol. The molecule has 0 bridgehead atoms. The molecule has 1 N–H and O–H groups in total. The first-order chi connectivity index (χ1) is 13.9. The lowest BCUT2D eigenvalue weighted by atomic mass is 9.95. The summed E-state index contributed by atoms with van der Waals surface area (Å²) in [5.74, 6) is -2.60. The topological polar surface area (TPSA) is 128 Å². The summed E-state index contributed by atoms with van der Waals surface area (Å²) in [6.45, 7) is 4.21. The molecule has 1 aliphatic rings. The zero-order valence-electron chi connectivity index (χ0n) is 16.5. The molecule has 0 radical (unpaired) electrons. The third-order valence-corrected chi connectivity index (χ3v) is 4.62. The van der Waals surface area contributed by atoms with Crippen molar-refractivity contribution < 1.29 is 28.8 Å². The average Bonchev–Trinajstić information content (AvgIpc) is 2.72. The predicted octanol–water partition coefficient (Wildman–Crippen LogP) is 1.42. The Bertz CT molecular complexity index is 742. The Balaban J connectivity index is 2.01. The number of ether oxygens (including phenoxy) is 2. The van der Waals surface area contributed by atoms with Crippen LogP contribution in [0.3, 0.4) is 0 Å². The molecule has 1 aliphatic heterocycles. The van der Waals surface area contributed by atoms with Gasteiger partial charge in [0, 0.05) is 25.1 Å². The van der Waals surface area contributed by atoms with Gasteiger partial charge in [0.25, 0.3) is 5.69 Å². The summed E-state index contributed by atoms with van der Waals surface area (Å²) >= 11 is 0. The van der Waals surface area contributed by atoms with E-state index in [0.717, 1.165) is 0 Å². The highest BCUT2D eigenvalue weighted by Gasteiger charge is 2.35. The van der Waals surface area contributed by atoms with Crippen LogP contribution in [0.25, 0.3) is 0 Å². The maximum atomic E-state index is 12.6. The minimum Gasteiger partial charge on any atom is -0.464 e. The summed E-state index contributed by atoms with van der Waals surface area (Å²) in [6, 6.07) is 4.95. The van der Waals surface area contributed by atoms with Crippen LogP contribution in [0, 0.1) is 16.0 Å². The van der Waals surface area contributed by atoms with Gasteiger partial charge in [-0.05, 0) is 32.8 Å². The summed E-state index contributed by atoms with van der Waals surface area (Å²) in [6.07, 6.45) is 0.854. The Labute approximate surface area is 168 Å². The third kappa shape index (κ3) is 5.66. The van der Waals surface area contributed by atoms with Gasteiger partial charge in [-0.15, -0.1) is 0 Å². The molecule has 1 fully saturated rings. The van der Waals surface area contributed by atoms with E-state index in [-0.39, 0.29) is 18.9 Å². The summed E-state index contributed by atoms with van der Waals surface area (Å²) in [7, 11) is 0. The first-order valence-electron chi connectivity index (χ1n) is 9.51. The second kappa shape index (κ2) is 10.4. The minimum atomic E-state index is -1.50. The first-order valence-corrected chi connectivity index (χ1v) is 9.51. The zero-order chi connectivity index (χ0) is 21.4. The zero-order valence-corrected chi connectivity index (χ0v) is 16.5. The van der Waals surface area contributed by atoms with Crippen LogP contribution < -0.4 is 10.2 Å². The van der Waals surface area contributed by atoms with E-state index in [1.807, 2.05) is 4.90 Å². The maximum Gasteiger partial charge on any atom is 0.340 e. The number of carbonyl (C=O) groups excluding carboxylic acids is 3. The Morgan fingerprint density at radius 2 is 1.69 bits per heavy atom. The van der Waals surface area contributed by atoms with Crippen molar-refractivity contribution in [2.45, 2.75) is 32.7 Å². The molecule has 29 heavy (non-hydrogen) atoms. The molecule has 0 atom stereocenters. The van der Waals surface area contributed by atoms with Gasteiger partial charge in [0.15, 0.2) is 0 Å². The number of anilines is 1. The van der Waals surface area contributed by atoms with Crippen molar-refractivity contribution in [3.8, 4) is 0 Å². The molecule has 0 spiro atoms. The Kier molecular flexibility index (Phi) is 7.93. The van der Waals surface area contributed by atoms with Gasteiger partial charge in [0.2, 0.25) is 11.9 Å². The van der Waals surface area contributed by atoms with Crippen molar-refractivity contribution in [2.75, 3.05) is 31.2 Å². The lowest BCUT2D eigenvalue weighted by Gasteiger charge is -2.33. The van der Waals surface area contributed by atoms with Crippen molar-refractivity contribution >= 4 is 29.2 Å². The highest BCUT2D eigenvalue weighted by molar-refractivity contribution is 6.02. The Hall–Kier alpha value is -3.17. The van der Waals surface area contributed by atoms with Gasteiger partial charge in [-0.3, -0.25) is 14.9 Å². The molecule has 0 aromatic heterocycles. The van der Waals surface area contributed by atoms with Gasteiger partial charge >= 0.3 is 11.9 Å². The van der Waals surface area contributed by atoms with E-state index >= 15 is 0 Å². The van der Waals surface area contributed by atoms with Gasteiger partial charge in [-0.25, -0.2) is 9.59 Å². The van der Waals surface area contributed by atoms with Crippen molar-refractivity contribution in [1.29, 1.82) is 0 Å². The number of rotatable bonds is 8. The molecular formula is C19H25N3O7. The highest BCUT2D eigenvalue weighted by atomic mass is 16.6. The number of hydrogen-bond donors (Lipinski definition) is 1. The van der Waals surface area contributed by atoms with Crippen LogP contribution in [0.15, 0.2) is 24.3 Å². The molecule has 1 aromatic rings. The number of esters is 2. The van der Waals surface area contributed by atoms with Crippen molar-refractivity contribution in [3.05, 3.63) is 34.4 Å². The van der Waals surface area contributed by atoms with Gasteiger partial charge in [0.05, 0.1) is 18.1 Å². The van der Waals surface area contributed by atoms with E-state index < -0.39 is 34.7 Å². The van der Waals surface area contributed by atoms with E-state index in [2.05, 4.69) is 5.32 Å². The standard InChI is InChI=1S/C19H25N3O7/c1-3-28-18(24)16(19(25)29-4-2)20-17(23)13-9-11-21(12-10-13)14-7-5-6-8-15(14)22(26)27/h5-8,13,16H,3-4,9-12H2,1-2H3,(H,20,23). The minimum absolute atomic E-state index is 0.0140. The Morgan fingerprint density at radius 3 is 2.21 bits per heavy atom. The van der Waals surface area contributed by atoms with Crippen LogP contribution in [-0.2, 0) is 23.9 Å². The number of hydrogen-bond acceptors (Lipinski definition) is 8. The lowest BCUT2D eigenvalue weighted by molar-refractivity contribution is -0.384. The number of piperidine rings is 1. The molecule has 0 aliphatic carbocycles. The molecule has 1 heterocycles. The third-order valence-electron chi connectivity index (χ3n) is 4.62. The van der Waals surface area contributed by atoms with Gasteiger partial charge in [-0.2, -0.15) is 0 Å². The number of nitro groups is 1. The monoisotopic (exact) mass is 407 g/mol. The second-order valence-corrected chi connectivity index (χ2v) is 6.45. The van der Waals surface area contributed by atoms with E-state index in [0.29, 0.717) is 31.6 Å². The van der Waals surface area contributed by atoms with E-state index in [9.17, 15) is 24.5 Å². The second-order valence-electron chi connectivity index (χ2n) is 6.45. The number of para-hydroxylation sites is 2. The smallest absolute Gasteiger partial charge is 0.340 e. The van der Waals surface area contributed by atoms with Crippen LogP contribution in [0.4, 0.5) is 11.4 Å². The maximum absolute atomic E-state index is 12.6. The summed E-state index contributed by atoms with van der Waals surface area (Å²) < 4.78 is 9.69. The van der Waals surface area contributed by atoms with E-state index in [1.54, 1.807) is 32.0 Å². The van der Waals surface area contributed by atoms with Crippen LogP contribution >= 0.6 is 0 Å². The van der Waals surface area contributed by atoms with E-state index in [1.165, 1.54) is 6.07 Å². The summed E-state index contributed by atoms with van der Waals surface area (Å²) in [5.41, 5.74) is 0.521. The average molecular weight is 407 g/mol. The molecular weight excluding hydrogens is 382 g/mol. The van der Waals surface area contributed by atoms with Gasteiger partial charge < -0.3 is 19.7 Å². The molecule has 0 unspecified atom stereocenters. The number of amides is 1. The van der Waals surface area contributed by atoms with Gasteiger partial charge in [-0.1, -0.05) is 12.1 Å². The molecule has 158 valence electrons. The molecule has 1 aromatic carbocycles. The van der Waals surface area contributed by atoms with Crippen molar-refractivity contribution in [3.63, 3.8) is 0 Å². The van der Waals surface area contributed by atoms with Crippen molar-refractivity contribution in [2.24, 2.45) is 5.92 Å². The van der Waals surface area contributed by atoms with Gasteiger partial charge in [0.1, 0.15) is 5.69 Å². The number of nitrogens with one attached hydrogen (secondary N) is 1.